The van der Waals surface area contributed by atoms with Crippen LogP contribution >= 0.6 is 0 Å². The largest absolute Gasteiger partial charge is 0.385 e. The SMILES string of the molecule is Cc1[nH]c2c(C(N)=O)cc(F)c(-c3ccc4c(c3)CCCN4)c2c1C. The maximum Gasteiger partial charge on any atom is 0.250 e. The first-order chi connectivity index (χ1) is 12.0. The van der Waals surface area contributed by atoms with Gasteiger partial charge in [-0.2, -0.15) is 0 Å². The van der Waals surface area contributed by atoms with Crippen molar-refractivity contribution in [1.29, 1.82) is 0 Å². The van der Waals surface area contributed by atoms with Crippen molar-refractivity contribution in [3.63, 3.8) is 0 Å². The Morgan fingerprint density at radius 1 is 1.24 bits per heavy atom. The molecule has 0 atom stereocenters. The third-order valence-corrected chi connectivity index (χ3v) is 5.13. The number of aromatic amines is 1. The number of fused-ring (bicyclic) bond motifs is 2. The highest BCUT2D eigenvalue weighted by Gasteiger charge is 2.21. The van der Waals surface area contributed by atoms with Crippen molar-refractivity contribution < 1.29 is 9.18 Å². The number of H-pyrrole nitrogens is 1. The second kappa shape index (κ2) is 5.62. The topological polar surface area (TPSA) is 70.9 Å². The predicted octanol–water partition coefficient (Wildman–Crippen LogP) is 4.05. The van der Waals surface area contributed by atoms with Crippen molar-refractivity contribution in [2.75, 3.05) is 11.9 Å². The van der Waals surface area contributed by atoms with Gasteiger partial charge in [0.1, 0.15) is 5.82 Å². The van der Waals surface area contributed by atoms with Gasteiger partial charge in [-0.1, -0.05) is 6.07 Å². The van der Waals surface area contributed by atoms with Gasteiger partial charge in [-0.05, 0) is 61.6 Å². The molecule has 5 heteroatoms. The van der Waals surface area contributed by atoms with Crippen molar-refractivity contribution in [2.45, 2.75) is 26.7 Å². The van der Waals surface area contributed by atoms with Crippen molar-refractivity contribution in [1.82, 2.24) is 4.98 Å². The van der Waals surface area contributed by atoms with Gasteiger partial charge in [0.2, 0.25) is 0 Å². The highest BCUT2D eigenvalue weighted by Crippen LogP contribution is 2.38. The first kappa shape index (κ1) is 15.7. The summed E-state index contributed by atoms with van der Waals surface area (Å²) in [6.45, 7) is 4.81. The number of carbonyl (C=O) groups excluding carboxylic acids is 1. The lowest BCUT2D eigenvalue weighted by Crippen LogP contribution is -2.13. The lowest BCUT2D eigenvalue weighted by molar-refractivity contribution is 0.100. The Morgan fingerprint density at radius 2 is 2.04 bits per heavy atom. The minimum atomic E-state index is -0.633. The van der Waals surface area contributed by atoms with Crippen LogP contribution in [0.2, 0.25) is 0 Å². The normalized spacial score (nSPS) is 13.6. The van der Waals surface area contributed by atoms with Crippen LogP contribution in [0.5, 0.6) is 0 Å². The van der Waals surface area contributed by atoms with Gasteiger partial charge >= 0.3 is 0 Å². The zero-order chi connectivity index (χ0) is 17.7. The predicted molar refractivity (Wildman–Crippen MR) is 98.5 cm³/mol. The van der Waals surface area contributed by atoms with Crippen LogP contribution in [-0.2, 0) is 6.42 Å². The number of primary amides is 1. The summed E-state index contributed by atoms with van der Waals surface area (Å²) in [5.41, 5.74) is 11.7. The molecule has 0 fully saturated rings. The Balaban J connectivity index is 2.04. The summed E-state index contributed by atoms with van der Waals surface area (Å²) in [5.74, 6) is -1.06. The molecule has 4 rings (SSSR count). The third kappa shape index (κ3) is 2.38. The molecule has 0 unspecified atom stereocenters. The summed E-state index contributed by atoms with van der Waals surface area (Å²) in [6, 6.07) is 7.23. The minimum Gasteiger partial charge on any atom is -0.385 e. The van der Waals surface area contributed by atoms with Gasteiger partial charge in [-0.15, -0.1) is 0 Å². The molecule has 0 aliphatic carbocycles. The van der Waals surface area contributed by atoms with Crippen LogP contribution in [0.1, 0.15) is 33.6 Å². The summed E-state index contributed by atoms with van der Waals surface area (Å²) in [5, 5.41) is 4.10. The fraction of sp³-hybridized carbons (Fsp3) is 0.250. The molecule has 4 nitrogen and oxygen atoms in total. The third-order valence-electron chi connectivity index (χ3n) is 5.13. The van der Waals surface area contributed by atoms with E-state index in [2.05, 4.69) is 10.3 Å². The molecule has 0 spiro atoms. The van der Waals surface area contributed by atoms with Crippen LogP contribution < -0.4 is 11.1 Å². The summed E-state index contributed by atoms with van der Waals surface area (Å²) >= 11 is 0. The molecule has 4 N–H and O–H groups in total. The van der Waals surface area contributed by atoms with Crippen LogP contribution in [0.25, 0.3) is 22.0 Å². The Kier molecular flexibility index (Phi) is 3.53. The molecular formula is C20H20FN3O. The summed E-state index contributed by atoms with van der Waals surface area (Å²) in [7, 11) is 0. The van der Waals surface area contributed by atoms with Crippen molar-refractivity contribution in [3.05, 3.63) is 52.5 Å². The van der Waals surface area contributed by atoms with E-state index >= 15 is 4.39 Å². The number of aromatic nitrogens is 1. The number of rotatable bonds is 2. The lowest BCUT2D eigenvalue weighted by Gasteiger charge is -2.19. The number of amides is 1. The fourth-order valence-corrected chi connectivity index (χ4v) is 3.73. The average Bonchev–Trinajstić information content (AvgIpc) is 2.89. The summed E-state index contributed by atoms with van der Waals surface area (Å²) < 4.78 is 15.0. The first-order valence-corrected chi connectivity index (χ1v) is 8.45. The van der Waals surface area contributed by atoms with Gasteiger partial charge in [0.05, 0.1) is 11.1 Å². The van der Waals surface area contributed by atoms with Crippen LogP contribution in [-0.4, -0.2) is 17.4 Å². The van der Waals surface area contributed by atoms with E-state index in [9.17, 15) is 4.79 Å². The Hall–Kier alpha value is -2.82. The van der Waals surface area contributed by atoms with E-state index < -0.39 is 11.7 Å². The van der Waals surface area contributed by atoms with E-state index in [4.69, 9.17) is 5.73 Å². The van der Waals surface area contributed by atoms with E-state index in [0.717, 1.165) is 47.3 Å². The van der Waals surface area contributed by atoms with E-state index in [0.29, 0.717) is 11.1 Å². The minimum absolute atomic E-state index is 0.187. The highest BCUT2D eigenvalue weighted by molar-refractivity contribution is 6.10. The molecule has 3 aromatic rings. The van der Waals surface area contributed by atoms with E-state index in [-0.39, 0.29) is 5.56 Å². The smallest absolute Gasteiger partial charge is 0.250 e. The van der Waals surface area contributed by atoms with Gasteiger partial charge in [-0.25, -0.2) is 4.39 Å². The van der Waals surface area contributed by atoms with Crippen LogP contribution in [0.15, 0.2) is 24.3 Å². The van der Waals surface area contributed by atoms with Gasteiger partial charge in [0.25, 0.3) is 5.91 Å². The number of aryl methyl sites for hydroxylation is 3. The Morgan fingerprint density at radius 3 is 2.80 bits per heavy atom. The maximum absolute atomic E-state index is 15.0. The van der Waals surface area contributed by atoms with E-state index in [1.807, 2.05) is 32.0 Å². The number of carbonyl (C=O) groups is 1. The van der Waals surface area contributed by atoms with Gasteiger partial charge < -0.3 is 16.0 Å². The molecule has 25 heavy (non-hydrogen) atoms. The fourth-order valence-electron chi connectivity index (χ4n) is 3.73. The average molecular weight is 337 g/mol. The second-order valence-electron chi connectivity index (χ2n) is 6.67. The highest BCUT2D eigenvalue weighted by atomic mass is 19.1. The number of anilines is 1. The molecule has 2 aromatic carbocycles. The Bertz CT molecular complexity index is 1020. The quantitative estimate of drug-likeness (QED) is 0.660. The van der Waals surface area contributed by atoms with Gasteiger partial charge in [0, 0.05) is 28.9 Å². The van der Waals surface area contributed by atoms with Crippen molar-refractivity contribution in [3.8, 4) is 11.1 Å². The molecule has 1 aliphatic rings. The molecule has 1 aliphatic heterocycles. The number of benzene rings is 2. The summed E-state index contributed by atoms with van der Waals surface area (Å²) in [4.78, 5) is 15.0. The zero-order valence-corrected chi connectivity index (χ0v) is 14.3. The van der Waals surface area contributed by atoms with Crippen molar-refractivity contribution in [2.24, 2.45) is 5.73 Å². The van der Waals surface area contributed by atoms with E-state index in [1.165, 1.54) is 11.6 Å². The standard InChI is InChI=1S/C20H20FN3O/c1-10-11(2)24-19-14(20(22)25)9-15(21)18(17(10)19)13-5-6-16-12(8-13)4-3-7-23-16/h5-6,8-9,23-24H,3-4,7H2,1-2H3,(H2,22,25). The molecule has 0 bridgehead atoms. The molecule has 2 heterocycles. The second-order valence-corrected chi connectivity index (χ2v) is 6.67. The zero-order valence-electron chi connectivity index (χ0n) is 14.3. The van der Waals surface area contributed by atoms with Crippen molar-refractivity contribution >= 4 is 22.5 Å². The number of hydrogen-bond acceptors (Lipinski definition) is 2. The molecular weight excluding hydrogens is 317 g/mol. The molecule has 1 aromatic heterocycles. The van der Waals surface area contributed by atoms with Crippen LogP contribution in [0, 0.1) is 19.7 Å². The molecule has 0 saturated carbocycles. The maximum atomic E-state index is 15.0. The Labute approximate surface area is 145 Å². The first-order valence-electron chi connectivity index (χ1n) is 8.45. The van der Waals surface area contributed by atoms with Gasteiger partial charge in [0.15, 0.2) is 0 Å². The number of nitrogens with two attached hydrogens (primary N) is 1. The molecule has 0 saturated heterocycles. The monoisotopic (exact) mass is 337 g/mol. The summed E-state index contributed by atoms with van der Waals surface area (Å²) in [6.07, 6.45) is 2.04. The lowest BCUT2D eigenvalue weighted by atomic mass is 9.92. The molecule has 0 radical (unpaired) electrons. The number of nitrogens with one attached hydrogen (secondary N) is 2. The molecule has 128 valence electrons. The van der Waals surface area contributed by atoms with Crippen LogP contribution in [0.3, 0.4) is 0 Å². The number of halogens is 1. The van der Waals surface area contributed by atoms with Gasteiger partial charge in [-0.3, -0.25) is 4.79 Å². The van der Waals surface area contributed by atoms with E-state index in [1.54, 1.807) is 0 Å². The number of hydrogen-bond donors (Lipinski definition) is 3. The molecule has 1 amide bonds. The van der Waals surface area contributed by atoms with Crippen LogP contribution in [0.4, 0.5) is 10.1 Å².